The van der Waals surface area contributed by atoms with Gasteiger partial charge in [0.25, 0.3) is 5.91 Å². The molecule has 6 nitrogen and oxygen atoms in total. The molecule has 1 aromatic carbocycles. The van der Waals surface area contributed by atoms with Crippen LogP contribution in [0.2, 0.25) is 4.34 Å². The van der Waals surface area contributed by atoms with Crippen molar-refractivity contribution in [2.75, 3.05) is 0 Å². The Bertz CT molecular complexity index is 855. The van der Waals surface area contributed by atoms with Crippen molar-refractivity contribution in [1.29, 1.82) is 0 Å². The van der Waals surface area contributed by atoms with Gasteiger partial charge in [-0.2, -0.15) is 10.2 Å². The molecule has 8 heteroatoms. The van der Waals surface area contributed by atoms with Crippen molar-refractivity contribution in [3.8, 4) is 16.3 Å². The number of phenolic OH excluding ortho intramolecular Hbond substituents is 1. The number of amides is 1. The quantitative estimate of drug-likeness (QED) is 0.500. The monoisotopic (exact) mass is 346 g/mol. The van der Waals surface area contributed by atoms with Crippen molar-refractivity contribution in [3.05, 3.63) is 58.1 Å². The summed E-state index contributed by atoms with van der Waals surface area (Å²) in [4.78, 5) is 12.9. The van der Waals surface area contributed by atoms with E-state index < -0.39 is 5.91 Å². The van der Waals surface area contributed by atoms with E-state index in [-0.39, 0.29) is 11.4 Å². The summed E-state index contributed by atoms with van der Waals surface area (Å²) in [7, 11) is 0. The second kappa shape index (κ2) is 6.64. The van der Waals surface area contributed by atoms with E-state index in [0.717, 1.165) is 16.1 Å². The van der Waals surface area contributed by atoms with Gasteiger partial charge in [0.15, 0.2) is 5.69 Å². The second-order valence-electron chi connectivity index (χ2n) is 4.56. The lowest BCUT2D eigenvalue weighted by Gasteiger charge is -1.95. The summed E-state index contributed by atoms with van der Waals surface area (Å²) < 4.78 is 0.666. The Hall–Kier alpha value is -2.64. The summed E-state index contributed by atoms with van der Waals surface area (Å²) in [6.07, 6.45) is 1.48. The number of nitrogens with one attached hydrogen (secondary N) is 2. The molecule has 3 rings (SSSR count). The Balaban J connectivity index is 1.64. The molecule has 0 radical (unpaired) electrons. The first-order chi connectivity index (χ1) is 11.1. The van der Waals surface area contributed by atoms with Gasteiger partial charge in [-0.3, -0.25) is 9.89 Å². The molecule has 3 aromatic rings. The first kappa shape index (κ1) is 15.3. The zero-order chi connectivity index (χ0) is 16.2. The predicted molar refractivity (Wildman–Crippen MR) is 90.1 cm³/mol. The van der Waals surface area contributed by atoms with Gasteiger partial charge < -0.3 is 5.11 Å². The first-order valence-electron chi connectivity index (χ1n) is 6.55. The number of benzene rings is 1. The number of aromatic amines is 1. The molecule has 0 fully saturated rings. The highest BCUT2D eigenvalue weighted by atomic mass is 35.5. The molecule has 0 spiro atoms. The summed E-state index contributed by atoms with van der Waals surface area (Å²) in [6, 6.07) is 11.7. The number of carbonyl (C=O) groups is 1. The maximum absolute atomic E-state index is 12.0. The van der Waals surface area contributed by atoms with Gasteiger partial charge in [0.2, 0.25) is 0 Å². The van der Waals surface area contributed by atoms with Crippen LogP contribution in [0, 0.1) is 0 Å². The van der Waals surface area contributed by atoms with Crippen LogP contribution in [-0.2, 0) is 0 Å². The van der Waals surface area contributed by atoms with E-state index in [1.165, 1.54) is 29.7 Å². The Labute approximate surface area is 140 Å². The predicted octanol–water partition coefficient (Wildman–Crippen LogP) is 3.26. The number of hydrogen-bond donors (Lipinski definition) is 3. The third-order valence-electron chi connectivity index (χ3n) is 2.92. The summed E-state index contributed by atoms with van der Waals surface area (Å²) in [6.45, 7) is 0. The molecule has 116 valence electrons. The van der Waals surface area contributed by atoms with Crippen LogP contribution in [0.3, 0.4) is 0 Å². The van der Waals surface area contributed by atoms with Crippen LogP contribution in [0.4, 0.5) is 0 Å². The summed E-state index contributed by atoms with van der Waals surface area (Å²) >= 11 is 7.28. The summed E-state index contributed by atoms with van der Waals surface area (Å²) in [5.74, 6) is -0.255. The zero-order valence-electron chi connectivity index (χ0n) is 11.7. The van der Waals surface area contributed by atoms with Gasteiger partial charge >= 0.3 is 0 Å². The molecule has 1 amide bonds. The molecule has 0 bridgehead atoms. The van der Waals surface area contributed by atoms with Gasteiger partial charge in [0.05, 0.1) is 21.1 Å². The van der Waals surface area contributed by atoms with Crippen molar-refractivity contribution < 1.29 is 9.90 Å². The third kappa shape index (κ3) is 3.77. The fraction of sp³-hybridized carbons (Fsp3) is 0. The normalized spacial score (nSPS) is 11.0. The number of carbonyl (C=O) groups excluding carboxylic acids is 1. The number of hydrogen-bond acceptors (Lipinski definition) is 5. The minimum Gasteiger partial charge on any atom is -0.508 e. The molecule has 0 aliphatic heterocycles. The number of aromatic hydroxyl groups is 1. The standard InChI is InChI=1S/C15H11ClN4O2S/c16-14-6-5-13(23-14)11-7-12(19-18-11)15(22)20-17-8-9-1-3-10(21)4-2-9/h1-8,21H,(H,18,19)(H,20,22)/b17-8-. The summed E-state index contributed by atoms with van der Waals surface area (Å²) in [5.41, 5.74) is 4.09. The van der Waals surface area contributed by atoms with E-state index in [9.17, 15) is 9.90 Å². The van der Waals surface area contributed by atoms with Crippen molar-refractivity contribution >= 4 is 35.1 Å². The first-order valence-corrected chi connectivity index (χ1v) is 7.75. The molecule has 0 saturated carbocycles. The van der Waals surface area contributed by atoms with E-state index in [1.54, 1.807) is 24.3 Å². The van der Waals surface area contributed by atoms with Crippen LogP contribution in [0.25, 0.3) is 10.6 Å². The Kier molecular flexibility index (Phi) is 4.40. The van der Waals surface area contributed by atoms with Crippen LogP contribution in [0.5, 0.6) is 5.75 Å². The molecule has 0 atom stereocenters. The number of rotatable bonds is 4. The molecule has 0 aliphatic rings. The number of thiophene rings is 1. The Morgan fingerprint density at radius 1 is 1.30 bits per heavy atom. The lowest BCUT2D eigenvalue weighted by Crippen LogP contribution is -2.17. The SMILES string of the molecule is O=C(N/N=C\c1ccc(O)cc1)c1cc(-c2ccc(Cl)s2)[nH]n1. The number of H-pyrrole nitrogens is 1. The van der Waals surface area contributed by atoms with Crippen molar-refractivity contribution in [1.82, 2.24) is 15.6 Å². The lowest BCUT2D eigenvalue weighted by atomic mass is 10.2. The smallest absolute Gasteiger partial charge is 0.291 e. The van der Waals surface area contributed by atoms with E-state index in [4.69, 9.17) is 11.6 Å². The minimum absolute atomic E-state index is 0.170. The van der Waals surface area contributed by atoms with Gasteiger partial charge in [-0.15, -0.1) is 11.3 Å². The molecule has 0 unspecified atom stereocenters. The van der Waals surface area contributed by atoms with Gasteiger partial charge in [0.1, 0.15) is 5.75 Å². The zero-order valence-corrected chi connectivity index (χ0v) is 13.2. The van der Waals surface area contributed by atoms with E-state index in [1.807, 2.05) is 6.07 Å². The minimum atomic E-state index is -0.426. The van der Waals surface area contributed by atoms with Crippen LogP contribution in [0.1, 0.15) is 16.1 Å². The highest BCUT2D eigenvalue weighted by Crippen LogP contribution is 2.29. The fourth-order valence-corrected chi connectivity index (χ4v) is 2.82. The summed E-state index contributed by atoms with van der Waals surface area (Å²) in [5, 5.41) is 19.8. The lowest BCUT2D eigenvalue weighted by molar-refractivity contribution is 0.0950. The number of hydrazone groups is 1. The number of aromatic nitrogens is 2. The van der Waals surface area contributed by atoms with Gasteiger partial charge in [-0.25, -0.2) is 5.43 Å². The van der Waals surface area contributed by atoms with E-state index in [2.05, 4.69) is 20.7 Å². The van der Waals surface area contributed by atoms with Crippen molar-refractivity contribution in [3.63, 3.8) is 0 Å². The topological polar surface area (TPSA) is 90.4 Å². The van der Waals surface area contributed by atoms with Crippen LogP contribution in [0.15, 0.2) is 47.6 Å². The van der Waals surface area contributed by atoms with E-state index >= 15 is 0 Å². The largest absolute Gasteiger partial charge is 0.508 e. The maximum Gasteiger partial charge on any atom is 0.291 e. The highest BCUT2D eigenvalue weighted by molar-refractivity contribution is 7.19. The van der Waals surface area contributed by atoms with Crippen LogP contribution >= 0.6 is 22.9 Å². The molecule has 0 saturated heterocycles. The molecular formula is C15H11ClN4O2S. The molecule has 0 aliphatic carbocycles. The fourth-order valence-electron chi connectivity index (χ4n) is 1.81. The van der Waals surface area contributed by atoms with Gasteiger partial charge in [0, 0.05) is 0 Å². The molecule has 2 aromatic heterocycles. The molecule has 3 N–H and O–H groups in total. The van der Waals surface area contributed by atoms with Crippen molar-refractivity contribution in [2.45, 2.75) is 0 Å². The number of phenols is 1. The van der Waals surface area contributed by atoms with Crippen LogP contribution < -0.4 is 5.43 Å². The molecule has 2 heterocycles. The van der Waals surface area contributed by atoms with Crippen molar-refractivity contribution in [2.24, 2.45) is 5.10 Å². The van der Waals surface area contributed by atoms with Crippen LogP contribution in [-0.4, -0.2) is 27.4 Å². The number of nitrogens with zero attached hydrogens (tertiary/aromatic N) is 2. The highest BCUT2D eigenvalue weighted by Gasteiger charge is 2.11. The molecular weight excluding hydrogens is 336 g/mol. The van der Waals surface area contributed by atoms with Gasteiger partial charge in [-0.05, 0) is 48.0 Å². The average Bonchev–Trinajstić information content (AvgIpc) is 3.18. The maximum atomic E-state index is 12.0. The van der Waals surface area contributed by atoms with E-state index in [0.29, 0.717) is 4.34 Å². The molecule has 23 heavy (non-hydrogen) atoms. The third-order valence-corrected chi connectivity index (χ3v) is 4.19. The Morgan fingerprint density at radius 2 is 2.09 bits per heavy atom. The number of halogens is 1. The van der Waals surface area contributed by atoms with Gasteiger partial charge in [-0.1, -0.05) is 11.6 Å². The Morgan fingerprint density at radius 3 is 2.78 bits per heavy atom. The second-order valence-corrected chi connectivity index (χ2v) is 6.28. The average molecular weight is 347 g/mol.